The molecule has 0 spiro atoms. The zero-order chi connectivity index (χ0) is 24.0. The highest BCUT2D eigenvalue weighted by Gasteiger charge is 2.28. The van der Waals surface area contributed by atoms with Crippen LogP contribution in [0.25, 0.3) is 5.57 Å². The smallest absolute Gasteiger partial charge is 0.257 e. The third-order valence-electron chi connectivity index (χ3n) is 6.35. The highest BCUT2D eigenvalue weighted by molar-refractivity contribution is 6.54. The van der Waals surface area contributed by atoms with Gasteiger partial charge in [0.1, 0.15) is 0 Å². The maximum absolute atomic E-state index is 13.4. The number of hydrogen-bond donors (Lipinski definition) is 1. The van der Waals surface area contributed by atoms with E-state index in [0.717, 1.165) is 19.3 Å². The Labute approximate surface area is 195 Å². The number of amides is 1. The molecule has 1 aliphatic rings. The summed E-state index contributed by atoms with van der Waals surface area (Å²) in [6.45, 7) is 6.46. The third kappa shape index (κ3) is 5.57. The summed E-state index contributed by atoms with van der Waals surface area (Å²) in [5.74, 6) is 5.07. The molecule has 1 heterocycles. The van der Waals surface area contributed by atoms with Gasteiger partial charge in [-0.25, -0.2) is 0 Å². The molecule has 1 aliphatic heterocycles. The Balaban J connectivity index is 1.80. The Morgan fingerprint density at radius 2 is 1.76 bits per heavy atom. The Bertz CT molecular complexity index is 1050. The second kappa shape index (κ2) is 11.1. The molecule has 0 radical (unpaired) electrons. The van der Waals surface area contributed by atoms with Crippen LogP contribution in [0.4, 0.5) is 0 Å². The molecule has 2 aromatic carbocycles. The first-order valence-corrected chi connectivity index (χ1v) is 11.5. The van der Waals surface area contributed by atoms with Crippen molar-refractivity contribution in [1.82, 2.24) is 4.90 Å². The van der Waals surface area contributed by atoms with Gasteiger partial charge in [-0.3, -0.25) is 14.4 Å². The van der Waals surface area contributed by atoms with Crippen LogP contribution in [0.5, 0.6) is 5.75 Å². The van der Waals surface area contributed by atoms with Gasteiger partial charge in [0.05, 0.1) is 5.56 Å². The maximum Gasteiger partial charge on any atom is 0.257 e. The van der Waals surface area contributed by atoms with Crippen molar-refractivity contribution in [3.05, 3.63) is 70.8 Å². The van der Waals surface area contributed by atoms with Gasteiger partial charge in [-0.05, 0) is 67.9 Å². The highest BCUT2D eigenvalue weighted by Crippen LogP contribution is 2.31. The number of ketones is 2. The number of carbonyl (C=O) groups excluding carboxylic acids is 3. The molecule has 0 aliphatic carbocycles. The summed E-state index contributed by atoms with van der Waals surface area (Å²) in [6.07, 6.45) is 4.59. The summed E-state index contributed by atoms with van der Waals surface area (Å²) in [7, 11) is 0. The van der Waals surface area contributed by atoms with E-state index in [9.17, 15) is 14.4 Å². The molecular weight excluding hydrogens is 416 g/mol. The van der Waals surface area contributed by atoms with Crippen LogP contribution < -0.4 is 10.7 Å². The standard InChI is InChI=1S/C27H32N2O4/c1-4-21(26(31)24(30)5-2)22-17-23(25(33-28)15-18(22)3)27(32)29-13-11-20(12-14-29)16-19-9-7-6-8-10-19/h4,6-10,15,17,20H,5,11-14,16,28H2,1-3H3/b21-4+. The fraction of sp³-hybridized carbons (Fsp3) is 0.370. The quantitative estimate of drug-likeness (QED) is 0.370. The average molecular weight is 449 g/mol. The van der Waals surface area contributed by atoms with Gasteiger partial charge in [0.15, 0.2) is 5.75 Å². The van der Waals surface area contributed by atoms with E-state index < -0.39 is 11.6 Å². The average Bonchev–Trinajstić information content (AvgIpc) is 2.85. The van der Waals surface area contributed by atoms with Gasteiger partial charge in [-0.2, -0.15) is 5.90 Å². The molecule has 6 heteroatoms. The second-order valence-corrected chi connectivity index (χ2v) is 8.51. The predicted octanol–water partition coefficient (Wildman–Crippen LogP) is 4.29. The van der Waals surface area contributed by atoms with Crippen LogP contribution in [0.3, 0.4) is 0 Å². The SMILES string of the molecule is C/C=C(/C(=O)C(=O)CC)c1cc(C(=O)N2CCC(Cc3ccccc3)CC2)c(ON)cc1C. The van der Waals surface area contributed by atoms with Crippen LogP contribution in [0.1, 0.15) is 60.2 Å². The van der Waals surface area contributed by atoms with Crippen molar-refractivity contribution < 1.29 is 19.2 Å². The maximum atomic E-state index is 13.4. The number of aryl methyl sites for hydroxylation is 1. The van der Waals surface area contributed by atoms with Gasteiger partial charge in [0.2, 0.25) is 11.6 Å². The Hall–Kier alpha value is -3.25. The summed E-state index contributed by atoms with van der Waals surface area (Å²) >= 11 is 0. The first kappa shape index (κ1) is 24.4. The number of rotatable bonds is 8. The summed E-state index contributed by atoms with van der Waals surface area (Å²) in [5, 5.41) is 0. The third-order valence-corrected chi connectivity index (χ3v) is 6.35. The zero-order valence-corrected chi connectivity index (χ0v) is 19.6. The van der Waals surface area contributed by atoms with E-state index in [1.165, 1.54) is 5.56 Å². The van der Waals surface area contributed by atoms with Crippen LogP contribution in [0, 0.1) is 12.8 Å². The molecule has 174 valence electrons. The van der Waals surface area contributed by atoms with E-state index in [-0.39, 0.29) is 18.1 Å². The minimum atomic E-state index is -0.551. The Kier molecular flexibility index (Phi) is 8.17. The minimum Gasteiger partial charge on any atom is -0.411 e. The molecule has 2 aromatic rings. The summed E-state index contributed by atoms with van der Waals surface area (Å²) < 4.78 is 0. The molecule has 1 saturated heterocycles. The van der Waals surface area contributed by atoms with Crippen molar-refractivity contribution in [1.29, 1.82) is 0 Å². The van der Waals surface area contributed by atoms with E-state index in [1.807, 2.05) is 11.0 Å². The number of piperidine rings is 1. The fourth-order valence-corrected chi connectivity index (χ4v) is 4.41. The lowest BCUT2D eigenvalue weighted by Crippen LogP contribution is -2.39. The summed E-state index contributed by atoms with van der Waals surface area (Å²) in [5.41, 5.74) is 3.16. The fourth-order valence-electron chi connectivity index (χ4n) is 4.41. The number of carbonyl (C=O) groups is 3. The lowest BCUT2D eigenvalue weighted by atomic mass is 9.89. The van der Waals surface area contributed by atoms with E-state index in [1.54, 1.807) is 39.0 Å². The van der Waals surface area contributed by atoms with Gasteiger partial charge in [0.25, 0.3) is 5.91 Å². The predicted molar refractivity (Wildman–Crippen MR) is 129 cm³/mol. The minimum absolute atomic E-state index is 0.128. The zero-order valence-electron chi connectivity index (χ0n) is 19.6. The lowest BCUT2D eigenvalue weighted by molar-refractivity contribution is -0.133. The number of likely N-dealkylation sites (tertiary alicyclic amines) is 1. The summed E-state index contributed by atoms with van der Waals surface area (Å²) in [4.78, 5) is 44.9. The molecule has 0 bridgehead atoms. The van der Waals surface area contributed by atoms with E-state index >= 15 is 0 Å². The van der Waals surface area contributed by atoms with Gasteiger partial charge in [0, 0.05) is 25.1 Å². The molecule has 2 N–H and O–H groups in total. The molecule has 6 nitrogen and oxygen atoms in total. The molecule has 0 aromatic heterocycles. The molecular formula is C27H32N2O4. The number of benzene rings is 2. The Morgan fingerprint density at radius 3 is 2.33 bits per heavy atom. The molecule has 33 heavy (non-hydrogen) atoms. The van der Waals surface area contributed by atoms with E-state index in [0.29, 0.717) is 41.3 Å². The molecule has 3 rings (SSSR count). The van der Waals surface area contributed by atoms with Gasteiger partial charge < -0.3 is 9.74 Å². The summed E-state index contributed by atoms with van der Waals surface area (Å²) in [6, 6.07) is 13.7. The van der Waals surface area contributed by atoms with Crippen LogP contribution in [0.2, 0.25) is 0 Å². The van der Waals surface area contributed by atoms with Crippen molar-refractivity contribution in [3.63, 3.8) is 0 Å². The molecule has 0 saturated carbocycles. The monoisotopic (exact) mass is 448 g/mol. The second-order valence-electron chi connectivity index (χ2n) is 8.51. The number of allylic oxidation sites excluding steroid dienone is 2. The molecule has 0 atom stereocenters. The van der Waals surface area contributed by atoms with Crippen molar-refractivity contribution in [2.24, 2.45) is 11.8 Å². The largest absolute Gasteiger partial charge is 0.411 e. The van der Waals surface area contributed by atoms with Gasteiger partial charge in [-0.15, -0.1) is 0 Å². The van der Waals surface area contributed by atoms with Crippen molar-refractivity contribution in [3.8, 4) is 5.75 Å². The molecule has 1 fully saturated rings. The van der Waals surface area contributed by atoms with Crippen LogP contribution in [-0.4, -0.2) is 35.5 Å². The first-order chi connectivity index (χ1) is 15.9. The highest BCUT2D eigenvalue weighted by atomic mass is 16.6. The number of hydrogen-bond acceptors (Lipinski definition) is 5. The molecule has 0 unspecified atom stereocenters. The van der Waals surface area contributed by atoms with Crippen LogP contribution >= 0.6 is 0 Å². The lowest BCUT2D eigenvalue weighted by Gasteiger charge is -2.32. The number of nitrogens with two attached hydrogens (primary N) is 1. The van der Waals surface area contributed by atoms with Crippen LogP contribution in [0.15, 0.2) is 48.5 Å². The van der Waals surface area contributed by atoms with E-state index in [2.05, 4.69) is 24.3 Å². The number of Topliss-reactive ketones (excluding diaryl/α,β-unsaturated/α-hetero) is 2. The van der Waals surface area contributed by atoms with Crippen molar-refractivity contribution in [2.45, 2.75) is 46.5 Å². The van der Waals surface area contributed by atoms with Crippen molar-refractivity contribution in [2.75, 3.05) is 13.1 Å². The normalized spacial score (nSPS) is 14.8. The topological polar surface area (TPSA) is 89.7 Å². The van der Waals surface area contributed by atoms with Gasteiger partial charge >= 0.3 is 0 Å². The van der Waals surface area contributed by atoms with Crippen molar-refractivity contribution >= 4 is 23.0 Å². The van der Waals surface area contributed by atoms with E-state index in [4.69, 9.17) is 10.7 Å². The number of nitrogens with zero attached hydrogens (tertiary/aromatic N) is 1. The van der Waals surface area contributed by atoms with Gasteiger partial charge in [-0.1, -0.05) is 43.3 Å². The molecule has 1 amide bonds. The first-order valence-electron chi connectivity index (χ1n) is 11.5. The van der Waals surface area contributed by atoms with Crippen LogP contribution in [-0.2, 0) is 16.0 Å². The Morgan fingerprint density at radius 1 is 1.09 bits per heavy atom.